The van der Waals surface area contributed by atoms with Gasteiger partial charge in [0.05, 0.1) is 11.5 Å². The first kappa shape index (κ1) is 21.8. The quantitative estimate of drug-likeness (QED) is 0.539. The van der Waals surface area contributed by atoms with Crippen molar-refractivity contribution in [3.8, 4) is 0 Å². The molecule has 8 heteroatoms. The van der Waals surface area contributed by atoms with Crippen molar-refractivity contribution >= 4 is 21.9 Å². The van der Waals surface area contributed by atoms with Crippen LogP contribution in [0.4, 0.5) is 0 Å². The molecule has 0 radical (unpaired) electrons. The van der Waals surface area contributed by atoms with E-state index in [9.17, 15) is 8.42 Å². The van der Waals surface area contributed by atoms with Gasteiger partial charge >= 0.3 is 0 Å². The standard InChI is InChI=1S/C21H33N5O2S/c1-22-21(23-9-11-25-16-18-29(27,28)19-17-25)26-14-12-24(13-15-26)10-5-8-20-6-3-2-4-7-20/h2-8H,9-19H2,1H3,(H,22,23)/b8-5+. The molecule has 2 aliphatic heterocycles. The van der Waals surface area contributed by atoms with Crippen molar-refractivity contribution in [2.45, 2.75) is 0 Å². The first-order chi connectivity index (χ1) is 14.1. The smallest absolute Gasteiger partial charge is 0.193 e. The van der Waals surface area contributed by atoms with Gasteiger partial charge in [-0.05, 0) is 5.56 Å². The highest BCUT2D eigenvalue weighted by Crippen LogP contribution is 2.06. The lowest BCUT2D eigenvalue weighted by Gasteiger charge is -2.36. The molecule has 2 saturated heterocycles. The Morgan fingerprint density at radius 3 is 2.38 bits per heavy atom. The maximum Gasteiger partial charge on any atom is 0.193 e. The normalized spacial score (nSPS) is 21.6. The number of piperazine rings is 1. The van der Waals surface area contributed by atoms with Crippen LogP contribution in [-0.2, 0) is 9.84 Å². The van der Waals surface area contributed by atoms with Crippen LogP contribution in [0.3, 0.4) is 0 Å². The fraction of sp³-hybridized carbons (Fsp3) is 0.571. The van der Waals surface area contributed by atoms with Crippen molar-refractivity contribution in [1.29, 1.82) is 0 Å². The van der Waals surface area contributed by atoms with E-state index in [0.717, 1.165) is 51.8 Å². The maximum absolute atomic E-state index is 11.5. The summed E-state index contributed by atoms with van der Waals surface area (Å²) in [5, 5.41) is 3.44. The van der Waals surface area contributed by atoms with Crippen LogP contribution in [0.5, 0.6) is 0 Å². The summed E-state index contributed by atoms with van der Waals surface area (Å²) in [5.74, 6) is 1.50. The Kier molecular flexibility index (Phi) is 8.09. The van der Waals surface area contributed by atoms with E-state index in [2.05, 4.69) is 61.4 Å². The number of benzene rings is 1. The zero-order valence-corrected chi connectivity index (χ0v) is 18.1. The van der Waals surface area contributed by atoms with Gasteiger partial charge in [0.15, 0.2) is 15.8 Å². The first-order valence-electron chi connectivity index (χ1n) is 10.4. The molecule has 0 atom stereocenters. The minimum absolute atomic E-state index is 0.280. The molecule has 2 heterocycles. The zero-order chi connectivity index (χ0) is 20.5. The topological polar surface area (TPSA) is 68.2 Å². The van der Waals surface area contributed by atoms with E-state index in [1.54, 1.807) is 0 Å². The highest BCUT2D eigenvalue weighted by Gasteiger charge is 2.22. The molecule has 0 spiro atoms. The molecule has 0 saturated carbocycles. The number of sulfone groups is 1. The molecule has 1 aromatic carbocycles. The third-order valence-corrected chi connectivity index (χ3v) is 7.11. The largest absolute Gasteiger partial charge is 0.355 e. The van der Waals surface area contributed by atoms with Gasteiger partial charge in [-0.15, -0.1) is 0 Å². The fourth-order valence-corrected chi connectivity index (χ4v) is 4.95. The van der Waals surface area contributed by atoms with Crippen LogP contribution < -0.4 is 5.32 Å². The Balaban J connectivity index is 1.35. The minimum Gasteiger partial charge on any atom is -0.355 e. The van der Waals surface area contributed by atoms with Crippen molar-refractivity contribution in [3.63, 3.8) is 0 Å². The van der Waals surface area contributed by atoms with Gasteiger partial charge in [-0.25, -0.2) is 8.42 Å². The van der Waals surface area contributed by atoms with Crippen molar-refractivity contribution in [2.75, 3.05) is 77.5 Å². The molecule has 1 aromatic rings. The summed E-state index contributed by atoms with van der Waals surface area (Å²) in [5.41, 5.74) is 1.24. The maximum atomic E-state index is 11.5. The average molecular weight is 420 g/mol. The van der Waals surface area contributed by atoms with E-state index in [1.807, 2.05) is 13.1 Å². The lowest BCUT2D eigenvalue weighted by atomic mass is 10.2. The molecule has 1 N–H and O–H groups in total. The van der Waals surface area contributed by atoms with Crippen LogP contribution in [0.15, 0.2) is 41.4 Å². The van der Waals surface area contributed by atoms with E-state index < -0.39 is 9.84 Å². The van der Waals surface area contributed by atoms with E-state index >= 15 is 0 Å². The molecular formula is C21H33N5O2S. The summed E-state index contributed by atoms with van der Waals surface area (Å²) >= 11 is 0. The van der Waals surface area contributed by atoms with Crippen LogP contribution in [0.1, 0.15) is 5.56 Å². The Morgan fingerprint density at radius 2 is 1.72 bits per heavy atom. The summed E-state index contributed by atoms with van der Waals surface area (Å²) in [6.45, 7) is 7.82. The number of hydrogen-bond donors (Lipinski definition) is 1. The van der Waals surface area contributed by atoms with Gasteiger partial charge in [-0.2, -0.15) is 0 Å². The van der Waals surface area contributed by atoms with Gasteiger partial charge in [-0.3, -0.25) is 14.8 Å². The predicted molar refractivity (Wildman–Crippen MR) is 120 cm³/mol. The number of nitrogens with zero attached hydrogens (tertiary/aromatic N) is 4. The monoisotopic (exact) mass is 419 g/mol. The third kappa shape index (κ3) is 7.13. The molecular weight excluding hydrogens is 386 g/mol. The van der Waals surface area contributed by atoms with Gasteiger partial charge in [0.25, 0.3) is 0 Å². The second-order valence-electron chi connectivity index (χ2n) is 7.57. The second-order valence-corrected chi connectivity index (χ2v) is 9.87. The van der Waals surface area contributed by atoms with Gasteiger partial charge < -0.3 is 10.2 Å². The number of aliphatic imine (C=N–C) groups is 1. The van der Waals surface area contributed by atoms with Crippen LogP contribution >= 0.6 is 0 Å². The zero-order valence-electron chi connectivity index (χ0n) is 17.3. The number of guanidine groups is 1. The lowest BCUT2D eigenvalue weighted by Crippen LogP contribution is -2.53. The van der Waals surface area contributed by atoms with Crippen LogP contribution in [-0.4, -0.2) is 107 Å². The van der Waals surface area contributed by atoms with Gasteiger partial charge in [-0.1, -0.05) is 42.5 Å². The van der Waals surface area contributed by atoms with E-state index in [1.165, 1.54) is 5.56 Å². The van der Waals surface area contributed by atoms with Gasteiger partial charge in [0.1, 0.15) is 0 Å². The van der Waals surface area contributed by atoms with Crippen molar-refractivity contribution < 1.29 is 8.42 Å². The third-order valence-electron chi connectivity index (χ3n) is 5.51. The molecule has 2 aliphatic rings. The number of nitrogens with one attached hydrogen (secondary N) is 1. The van der Waals surface area contributed by atoms with Gasteiger partial charge in [0, 0.05) is 66.0 Å². The molecule has 7 nitrogen and oxygen atoms in total. The Morgan fingerprint density at radius 1 is 1.03 bits per heavy atom. The summed E-state index contributed by atoms with van der Waals surface area (Å²) in [7, 11) is -0.986. The summed E-state index contributed by atoms with van der Waals surface area (Å²) < 4.78 is 23.0. The van der Waals surface area contributed by atoms with E-state index in [0.29, 0.717) is 13.1 Å². The highest BCUT2D eigenvalue weighted by atomic mass is 32.2. The van der Waals surface area contributed by atoms with Crippen LogP contribution in [0.2, 0.25) is 0 Å². The van der Waals surface area contributed by atoms with Gasteiger partial charge in [0.2, 0.25) is 0 Å². The molecule has 0 amide bonds. The molecule has 29 heavy (non-hydrogen) atoms. The lowest BCUT2D eigenvalue weighted by molar-refractivity contribution is 0.194. The Hall–Kier alpha value is -1.90. The molecule has 0 aromatic heterocycles. The molecule has 160 valence electrons. The molecule has 0 bridgehead atoms. The number of rotatable bonds is 6. The molecule has 0 unspecified atom stereocenters. The molecule has 2 fully saturated rings. The summed E-state index contributed by atoms with van der Waals surface area (Å²) in [4.78, 5) is 11.4. The minimum atomic E-state index is -2.81. The second kappa shape index (κ2) is 10.8. The molecule has 0 aliphatic carbocycles. The predicted octanol–water partition coefficient (Wildman–Crippen LogP) is 0.623. The van der Waals surface area contributed by atoms with E-state index in [4.69, 9.17) is 0 Å². The highest BCUT2D eigenvalue weighted by molar-refractivity contribution is 7.91. The number of hydrogen-bond acceptors (Lipinski definition) is 5. The summed E-state index contributed by atoms with van der Waals surface area (Å²) in [6, 6.07) is 10.4. The van der Waals surface area contributed by atoms with Crippen LogP contribution in [0.25, 0.3) is 6.08 Å². The van der Waals surface area contributed by atoms with E-state index in [-0.39, 0.29) is 11.5 Å². The first-order valence-corrected chi connectivity index (χ1v) is 12.2. The van der Waals surface area contributed by atoms with Crippen molar-refractivity contribution in [2.24, 2.45) is 4.99 Å². The van der Waals surface area contributed by atoms with Crippen LogP contribution in [0, 0.1) is 0 Å². The molecule has 3 rings (SSSR count). The fourth-order valence-electron chi connectivity index (χ4n) is 3.68. The average Bonchev–Trinajstić information content (AvgIpc) is 2.74. The Labute approximate surface area is 175 Å². The Bertz CT molecular complexity index is 773. The summed E-state index contributed by atoms with van der Waals surface area (Å²) in [6.07, 6.45) is 4.41. The SMILES string of the molecule is CN=C(NCCN1CCS(=O)(=O)CC1)N1CCN(C/C=C/c2ccccc2)CC1. The van der Waals surface area contributed by atoms with Crippen molar-refractivity contribution in [3.05, 3.63) is 42.0 Å². The van der Waals surface area contributed by atoms with Crippen molar-refractivity contribution in [1.82, 2.24) is 20.0 Å².